The molecule has 1 amide bonds. The quantitative estimate of drug-likeness (QED) is 0.303. The molecule has 0 unspecified atom stereocenters. The molecule has 1 N–H and O–H groups in total. The molecule has 1 aliphatic heterocycles. The van der Waals surface area contributed by atoms with Gasteiger partial charge in [0.05, 0.1) is 10.6 Å². The Hall–Kier alpha value is -3.59. The zero-order valence-electron chi connectivity index (χ0n) is 22.9. The van der Waals surface area contributed by atoms with E-state index in [-0.39, 0.29) is 5.91 Å². The van der Waals surface area contributed by atoms with Crippen LogP contribution in [-0.2, 0) is 6.42 Å². The summed E-state index contributed by atoms with van der Waals surface area (Å²) in [6, 6.07) is 22.4. The van der Waals surface area contributed by atoms with Gasteiger partial charge in [-0.15, -0.1) is 11.3 Å². The number of carbonyl (C=O) groups excluding carboxylic acids is 1. The first-order valence-corrected chi connectivity index (χ1v) is 14.4. The summed E-state index contributed by atoms with van der Waals surface area (Å²) < 4.78 is 0. The van der Waals surface area contributed by atoms with E-state index in [1.165, 1.54) is 16.0 Å². The highest BCUT2D eigenvalue weighted by Gasteiger charge is 2.22. The number of nitrogens with one attached hydrogen (secondary N) is 1. The van der Waals surface area contributed by atoms with Gasteiger partial charge in [0.2, 0.25) is 5.95 Å². The fourth-order valence-corrected chi connectivity index (χ4v) is 5.84. The van der Waals surface area contributed by atoms with Crippen molar-refractivity contribution in [3.05, 3.63) is 84.1 Å². The number of likely N-dealkylation sites (N-methyl/N-ethyl adjacent to an activating group) is 1. The third-order valence-corrected chi connectivity index (χ3v) is 8.21. The molecule has 0 atom stereocenters. The number of benzene rings is 2. The normalized spacial score (nSPS) is 14.1. The Bertz CT molecular complexity index is 1410. The van der Waals surface area contributed by atoms with Gasteiger partial charge in [0.15, 0.2) is 0 Å². The van der Waals surface area contributed by atoms with Gasteiger partial charge in [0.25, 0.3) is 5.91 Å². The molecule has 1 saturated heterocycles. The predicted molar refractivity (Wildman–Crippen MR) is 161 cm³/mol. The molecule has 2 aromatic carbocycles. The van der Waals surface area contributed by atoms with Crippen LogP contribution in [0, 0.1) is 0 Å². The molecule has 39 heavy (non-hydrogen) atoms. The number of piperazine rings is 1. The second-order valence-electron chi connectivity index (χ2n) is 10.1. The van der Waals surface area contributed by atoms with Crippen LogP contribution in [0.3, 0.4) is 0 Å². The third kappa shape index (κ3) is 6.71. The van der Waals surface area contributed by atoms with Gasteiger partial charge in [-0.2, -0.15) is 0 Å². The first kappa shape index (κ1) is 27.0. The van der Waals surface area contributed by atoms with Crippen molar-refractivity contribution in [3.8, 4) is 21.0 Å². The van der Waals surface area contributed by atoms with Crippen LogP contribution in [0.1, 0.15) is 22.8 Å². The number of rotatable bonds is 9. The molecule has 202 valence electrons. The molecule has 8 heteroatoms. The van der Waals surface area contributed by atoms with Crippen molar-refractivity contribution in [2.45, 2.75) is 13.3 Å². The van der Waals surface area contributed by atoms with Crippen LogP contribution in [-0.4, -0.2) is 83.9 Å². The standard InChI is InChI=1S/C31H36N6OS/c1-4-23-8-5-6-11-26(23)28-12-13-29(39-28)27-14-15-32-31(34-27)33-25-10-7-9-24(22-25)30(38)37-20-18-36(19-21-37)17-16-35(2)3/h5-15,22H,4,16-21H2,1-3H3,(H,32,33,34). The molecule has 4 aromatic rings. The maximum Gasteiger partial charge on any atom is 0.254 e. The van der Waals surface area contributed by atoms with E-state index in [0.29, 0.717) is 11.5 Å². The van der Waals surface area contributed by atoms with Crippen molar-refractivity contribution in [3.63, 3.8) is 0 Å². The van der Waals surface area contributed by atoms with Crippen molar-refractivity contribution in [2.24, 2.45) is 0 Å². The summed E-state index contributed by atoms with van der Waals surface area (Å²) in [5, 5.41) is 3.30. The zero-order valence-corrected chi connectivity index (χ0v) is 23.7. The van der Waals surface area contributed by atoms with Crippen LogP contribution >= 0.6 is 11.3 Å². The van der Waals surface area contributed by atoms with Gasteiger partial charge >= 0.3 is 0 Å². The molecule has 1 aliphatic rings. The van der Waals surface area contributed by atoms with Crippen molar-refractivity contribution in [1.29, 1.82) is 0 Å². The minimum atomic E-state index is 0.0686. The van der Waals surface area contributed by atoms with E-state index in [0.717, 1.165) is 61.9 Å². The smallest absolute Gasteiger partial charge is 0.254 e. The number of nitrogens with zero attached hydrogens (tertiary/aromatic N) is 5. The van der Waals surface area contributed by atoms with Crippen molar-refractivity contribution >= 4 is 28.9 Å². The lowest BCUT2D eigenvalue weighted by molar-refractivity contribution is 0.0630. The van der Waals surface area contributed by atoms with E-state index in [1.54, 1.807) is 17.5 Å². The largest absolute Gasteiger partial charge is 0.336 e. The van der Waals surface area contributed by atoms with Crippen LogP contribution in [0.4, 0.5) is 11.6 Å². The molecule has 0 radical (unpaired) electrons. The Morgan fingerprint density at radius 2 is 1.77 bits per heavy atom. The molecule has 0 bridgehead atoms. The van der Waals surface area contributed by atoms with E-state index in [2.05, 4.69) is 77.5 Å². The van der Waals surface area contributed by atoms with Gasteiger partial charge < -0.3 is 15.1 Å². The second kappa shape index (κ2) is 12.5. The predicted octanol–water partition coefficient (Wildman–Crippen LogP) is 5.50. The lowest BCUT2D eigenvalue weighted by Crippen LogP contribution is -2.49. The van der Waals surface area contributed by atoms with Gasteiger partial charge in [0, 0.05) is 61.6 Å². The Morgan fingerprint density at radius 3 is 2.56 bits per heavy atom. The Morgan fingerprint density at radius 1 is 0.974 bits per heavy atom. The number of hydrogen-bond donors (Lipinski definition) is 1. The summed E-state index contributed by atoms with van der Waals surface area (Å²) in [6.45, 7) is 7.57. The van der Waals surface area contributed by atoms with Crippen LogP contribution < -0.4 is 5.32 Å². The van der Waals surface area contributed by atoms with Crippen LogP contribution in [0.25, 0.3) is 21.0 Å². The highest BCUT2D eigenvalue weighted by molar-refractivity contribution is 7.18. The van der Waals surface area contributed by atoms with Crippen molar-refractivity contribution in [1.82, 2.24) is 24.7 Å². The summed E-state index contributed by atoms with van der Waals surface area (Å²) >= 11 is 1.74. The summed E-state index contributed by atoms with van der Waals surface area (Å²) in [7, 11) is 4.18. The van der Waals surface area contributed by atoms with Gasteiger partial charge in [-0.3, -0.25) is 9.69 Å². The number of aryl methyl sites for hydroxylation is 1. The maximum absolute atomic E-state index is 13.2. The SMILES string of the molecule is CCc1ccccc1-c1ccc(-c2ccnc(Nc3cccc(C(=O)N4CCN(CCN(C)C)CC4)c3)n2)s1. The molecule has 2 aromatic heterocycles. The number of carbonyl (C=O) groups is 1. The fourth-order valence-electron chi connectivity index (χ4n) is 4.80. The monoisotopic (exact) mass is 540 g/mol. The van der Waals surface area contributed by atoms with Crippen LogP contribution in [0.5, 0.6) is 0 Å². The summed E-state index contributed by atoms with van der Waals surface area (Å²) in [6.07, 6.45) is 2.77. The van der Waals surface area contributed by atoms with E-state index in [9.17, 15) is 4.79 Å². The number of anilines is 2. The average Bonchev–Trinajstić information content (AvgIpc) is 3.47. The number of aromatic nitrogens is 2. The lowest BCUT2D eigenvalue weighted by Gasteiger charge is -2.35. The number of hydrogen-bond acceptors (Lipinski definition) is 7. The highest BCUT2D eigenvalue weighted by Crippen LogP contribution is 2.35. The van der Waals surface area contributed by atoms with E-state index >= 15 is 0 Å². The molecule has 7 nitrogen and oxygen atoms in total. The fraction of sp³-hybridized carbons (Fsp3) is 0.323. The van der Waals surface area contributed by atoms with E-state index in [1.807, 2.05) is 35.2 Å². The molecular formula is C31H36N6OS. The number of thiophene rings is 1. The van der Waals surface area contributed by atoms with Crippen molar-refractivity contribution in [2.75, 3.05) is 58.7 Å². The Balaban J connectivity index is 1.25. The topological polar surface area (TPSA) is 64.6 Å². The lowest BCUT2D eigenvalue weighted by atomic mass is 10.0. The first-order chi connectivity index (χ1) is 19.0. The van der Waals surface area contributed by atoms with Crippen LogP contribution in [0.2, 0.25) is 0 Å². The van der Waals surface area contributed by atoms with Gasteiger partial charge in [-0.05, 0) is 68.0 Å². The Labute approximate surface area is 235 Å². The molecule has 0 spiro atoms. The average molecular weight is 541 g/mol. The van der Waals surface area contributed by atoms with Gasteiger partial charge in [0.1, 0.15) is 0 Å². The van der Waals surface area contributed by atoms with E-state index in [4.69, 9.17) is 4.98 Å². The molecule has 0 saturated carbocycles. The number of amides is 1. The summed E-state index contributed by atoms with van der Waals surface area (Å²) in [5.74, 6) is 0.578. The second-order valence-corrected chi connectivity index (χ2v) is 11.2. The molecule has 1 fully saturated rings. The first-order valence-electron chi connectivity index (χ1n) is 13.5. The summed E-state index contributed by atoms with van der Waals surface area (Å²) in [4.78, 5) is 31.3. The minimum absolute atomic E-state index is 0.0686. The maximum atomic E-state index is 13.2. The Kier molecular flexibility index (Phi) is 8.66. The van der Waals surface area contributed by atoms with Gasteiger partial charge in [-0.1, -0.05) is 37.3 Å². The molecular weight excluding hydrogens is 504 g/mol. The highest BCUT2D eigenvalue weighted by atomic mass is 32.1. The molecule has 0 aliphatic carbocycles. The van der Waals surface area contributed by atoms with E-state index < -0.39 is 0 Å². The van der Waals surface area contributed by atoms with Crippen LogP contribution in [0.15, 0.2) is 72.9 Å². The van der Waals surface area contributed by atoms with Gasteiger partial charge in [-0.25, -0.2) is 9.97 Å². The zero-order chi connectivity index (χ0) is 27.2. The molecule has 3 heterocycles. The molecule has 5 rings (SSSR count). The third-order valence-electron chi connectivity index (χ3n) is 7.07. The van der Waals surface area contributed by atoms with Crippen molar-refractivity contribution < 1.29 is 4.79 Å². The summed E-state index contributed by atoms with van der Waals surface area (Å²) in [5.41, 5.74) is 4.97. The minimum Gasteiger partial charge on any atom is -0.336 e.